The molecule has 0 aliphatic heterocycles. The molecular weight excluding hydrogens is 330 g/mol. The van der Waals surface area contributed by atoms with E-state index in [1.807, 2.05) is 18.2 Å². The smallest absolute Gasteiger partial charge is 0.119 e. The number of thiophene rings is 1. The molecule has 3 rings (SSSR count). The third-order valence-electron chi connectivity index (χ3n) is 3.87. The maximum atomic E-state index is 5.37. The number of nitrogens with one attached hydrogen (secondary N) is 1. The number of aromatic nitrogens is 1. The standard InChI is InChI=1S/C20H23N3OS/c1-23(2)11-10-21-20-13-15(6-8-17-5-4-12-25-17)22-19-9-7-16(24-3)14-18(19)20/h4-9,12-14H,10-11H2,1-3H3,(H,21,22)/b8-6+. The number of fused-ring (bicyclic) bond motifs is 1. The van der Waals surface area contributed by atoms with Gasteiger partial charge in [-0.25, -0.2) is 4.98 Å². The van der Waals surface area contributed by atoms with E-state index in [2.05, 4.69) is 60.0 Å². The van der Waals surface area contributed by atoms with Gasteiger partial charge in [0, 0.05) is 29.0 Å². The van der Waals surface area contributed by atoms with Crippen molar-refractivity contribution in [3.8, 4) is 5.75 Å². The van der Waals surface area contributed by atoms with E-state index in [1.165, 1.54) is 4.88 Å². The van der Waals surface area contributed by atoms with Gasteiger partial charge in [-0.2, -0.15) is 0 Å². The second-order valence-corrected chi connectivity index (χ2v) is 7.04. The number of nitrogens with zero attached hydrogens (tertiary/aromatic N) is 2. The van der Waals surface area contributed by atoms with Crippen molar-refractivity contribution in [2.45, 2.75) is 0 Å². The third kappa shape index (κ3) is 4.59. The summed E-state index contributed by atoms with van der Waals surface area (Å²) < 4.78 is 5.37. The van der Waals surface area contributed by atoms with E-state index in [0.717, 1.165) is 41.1 Å². The first-order valence-corrected chi connectivity index (χ1v) is 9.12. The van der Waals surface area contributed by atoms with Crippen LogP contribution in [0.3, 0.4) is 0 Å². The maximum absolute atomic E-state index is 5.37. The number of ether oxygens (including phenoxy) is 1. The fourth-order valence-corrected chi connectivity index (χ4v) is 3.17. The summed E-state index contributed by atoms with van der Waals surface area (Å²) in [6.07, 6.45) is 4.17. The number of benzene rings is 1. The normalized spacial score (nSPS) is 11.5. The van der Waals surface area contributed by atoms with E-state index in [-0.39, 0.29) is 0 Å². The van der Waals surface area contributed by atoms with Crippen LogP contribution < -0.4 is 10.1 Å². The van der Waals surface area contributed by atoms with Crippen molar-refractivity contribution in [3.63, 3.8) is 0 Å². The first kappa shape index (κ1) is 17.5. The summed E-state index contributed by atoms with van der Waals surface area (Å²) in [7, 11) is 5.83. The minimum atomic E-state index is 0.840. The van der Waals surface area contributed by atoms with E-state index < -0.39 is 0 Å². The van der Waals surface area contributed by atoms with Crippen molar-refractivity contribution >= 4 is 40.1 Å². The van der Waals surface area contributed by atoms with Gasteiger partial charge < -0.3 is 15.0 Å². The van der Waals surface area contributed by atoms with Gasteiger partial charge in [0.1, 0.15) is 5.75 Å². The number of pyridine rings is 1. The number of hydrogen-bond donors (Lipinski definition) is 1. The van der Waals surface area contributed by atoms with Crippen LogP contribution in [0.25, 0.3) is 23.1 Å². The van der Waals surface area contributed by atoms with Crippen LogP contribution in [0.1, 0.15) is 10.6 Å². The molecule has 0 bridgehead atoms. The second-order valence-electron chi connectivity index (χ2n) is 6.06. The van der Waals surface area contributed by atoms with Crippen LogP contribution >= 0.6 is 11.3 Å². The summed E-state index contributed by atoms with van der Waals surface area (Å²) in [5, 5.41) is 6.69. The highest BCUT2D eigenvalue weighted by molar-refractivity contribution is 7.10. The maximum Gasteiger partial charge on any atom is 0.119 e. The molecule has 0 atom stereocenters. The van der Waals surface area contributed by atoms with Crippen LogP contribution in [0.15, 0.2) is 41.8 Å². The molecule has 0 fully saturated rings. The predicted molar refractivity (Wildman–Crippen MR) is 109 cm³/mol. The van der Waals surface area contributed by atoms with Gasteiger partial charge in [-0.05, 0) is 62.0 Å². The topological polar surface area (TPSA) is 37.4 Å². The molecule has 3 aromatic rings. The Hall–Kier alpha value is -2.37. The van der Waals surface area contributed by atoms with Crippen molar-refractivity contribution < 1.29 is 4.74 Å². The summed E-state index contributed by atoms with van der Waals surface area (Å²) in [5.41, 5.74) is 2.98. The molecule has 2 heterocycles. The second kappa shape index (κ2) is 8.14. The van der Waals surface area contributed by atoms with Crippen LogP contribution in [-0.4, -0.2) is 44.2 Å². The largest absolute Gasteiger partial charge is 0.497 e. The lowest BCUT2D eigenvalue weighted by molar-refractivity contribution is 0.415. The Labute approximate surface area is 152 Å². The molecule has 0 saturated carbocycles. The van der Waals surface area contributed by atoms with Crippen LogP contribution in [0.5, 0.6) is 5.75 Å². The van der Waals surface area contributed by atoms with Gasteiger partial charge in [-0.1, -0.05) is 6.07 Å². The highest BCUT2D eigenvalue weighted by Crippen LogP contribution is 2.28. The zero-order chi connectivity index (χ0) is 17.6. The molecule has 25 heavy (non-hydrogen) atoms. The van der Waals surface area contributed by atoms with E-state index in [1.54, 1.807) is 18.4 Å². The Bertz CT molecular complexity index is 857. The lowest BCUT2D eigenvalue weighted by atomic mass is 10.1. The van der Waals surface area contributed by atoms with Crippen molar-refractivity contribution in [1.29, 1.82) is 0 Å². The molecule has 2 aromatic heterocycles. The molecule has 5 heteroatoms. The Kier molecular flexibility index (Phi) is 5.68. The molecule has 0 spiro atoms. The van der Waals surface area contributed by atoms with Crippen LogP contribution in [-0.2, 0) is 0 Å². The third-order valence-corrected chi connectivity index (χ3v) is 4.71. The first-order chi connectivity index (χ1) is 12.2. The average Bonchev–Trinajstić information content (AvgIpc) is 3.13. The Morgan fingerprint density at radius 3 is 2.80 bits per heavy atom. The lowest BCUT2D eigenvalue weighted by Crippen LogP contribution is -2.20. The number of hydrogen-bond acceptors (Lipinski definition) is 5. The van der Waals surface area contributed by atoms with Gasteiger partial charge in [0.15, 0.2) is 0 Å². The zero-order valence-electron chi connectivity index (χ0n) is 14.8. The molecule has 0 saturated heterocycles. The van der Waals surface area contributed by atoms with Crippen molar-refractivity contribution in [3.05, 3.63) is 52.3 Å². The molecule has 0 amide bonds. The Morgan fingerprint density at radius 2 is 2.08 bits per heavy atom. The Balaban J connectivity index is 1.95. The molecule has 0 aliphatic rings. The fraction of sp³-hybridized carbons (Fsp3) is 0.250. The lowest BCUT2D eigenvalue weighted by Gasteiger charge is -2.14. The number of anilines is 1. The highest BCUT2D eigenvalue weighted by Gasteiger charge is 2.06. The average molecular weight is 353 g/mol. The number of likely N-dealkylation sites (N-methyl/N-ethyl adjacent to an activating group) is 1. The van der Waals surface area contributed by atoms with Gasteiger partial charge in [0.25, 0.3) is 0 Å². The number of rotatable bonds is 7. The van der Waals surface area contributed by atoms with Crippen molar-refractivity contribution in [1.82, 2.24) is 9.88 Å². The highest BCUT2D eigenvalue weighted by atomic mass is 32.1. The van der Waals surface area contributed by atoms with E-state index in [9.17, 15) is 0 Å². The van der Waals surface area contributed by atoms with E-state index in [4.69, 9.17) is 9.72 Å². The molecule has 0 aliphatic carbocycles. The van der Waals surface area contributed by atoms with Crippen molar-refractivity contribution in [2.24, 2.45) is 0 Å². The Morgan fingerprint density at radius 1 is 1.20 bits per heavy atom. The molecule has 4 nitrogen and oxygen atoms in total. The monoisotopic (exact) mass is 353 g/mol. The molecular formula is C20H23N3OS. The van der Waals surface area contributed by atoms with E-state index in [0.29, 0.717) is 0 Å². The minimum absolute atomic E-state index is 0.840. The van der Waals surface area contributed by atoms with Crippen LogP contribution in [0.4, 0.5) is 5.69 Å². The number of methoxy groups -OCH3 is 1. The molecule has 130 valence electrons. The van der Waals surface area contributed by atoms with Gasteiger partial charge in [0.2, 0.25) is 0 Å². The fourth-order valence-electron chi connectivity index (χ4n) is 2.55. The molecule has 1 N–H and O–H groups in total. The molecule has 0 radical (unpaired) electrons. The summed E-state index contributed by atoms with van der Waals surface area (Å²) in [6.45, 7) is 1.84. The quantitative estimate of drug-likeness (QED) is 0.681. The van der Waals surface area contributed by atoms with Gasteiger partial charge >= 0.3 is 0 Å². The summed E-state index contributed by atoms with van der Waals surface area (Å²) in [5.74, 6) is 0.840. The van der Waals surface area contributed by atoms with Crippen LogP contribution in [0.2, 0.25) is 0 Å². The predicted octanol–water partition coefficient (Wildman–Crippen LogP) is 4.45. The zero-order valence-corrected chi connectivity index (χ0v) is 15.6. The summed E-state index contributed by atoms with van der Waals surface area (Å²) >= 11 is 1.72. The molecule has 1 aromatic carbocycles. The van der Waals surface area contributed by atoms with Gasteiger partial charge in [-0.3, -0.25) is 0 Å². The SMILES string of the molecule is COc1ccc2nc(/C=C/c3cccs3)cc(NCCN(C)C)c2c1. The first-order valence-electron chi connectivity index (χ1n) is 8.25. The summed E-state index contributed by atoms with van der Waals surface area (Å²) in [4.78, 5) is 8.15. The van der Waals surface area contributed by atoms with E-state index >= 15 is 0 Å². The molecule has 0 unspecified atom stereocenters. The van der Waals surface area contributed by atoms with Crippen molar-refractivity contribution in [2.75, 3.05) is 39.6 Å². The van der Waals surface area contributed by atoms with Gasteiger partial charge in [-0.15, -0.1) is 11.3 Å². The van der Waals surface area contributed by atoms with Gasteiger partial charge in [0.05, 0.1) is 18.3 Å². The minimum Gasteiger partial charge on any atom is -0.497 e. The summed E-state index contributed by atoms with van der Waals surface area (Å²) in [6, 6.07) is 12.2. The van der Waals surface area contributed by atoms with Crippen LogP contribution in [0, 0.1) is 0 Å².